The number of halogens is 1. The second-order valence-corrected chi connectivity index (χ2v) is 6.40. The van der Waals surface area contributed by atoms with Gasteiger partial charge in [-0.05, 0) is 29.8 Å². The van der Waals surface area contributed by atoms with Gasteiger partial charge in [0.2, 0.25) is 0 Å². The molecule has 0 heterocycles. The van der Waals surface area contributed by atoms with Gasteiger partial charge in [0, 0.05) is 5.56 Å². The molecule has 0 N–H and O–H groups in total. The minimum Gasteiger partial charge on any atom is -0.378 e. The zero-order chi connectivity index (χ0) is 16.3. The fraction of sp³-hybridized carbons (Fsp3) is 0. The van der Waals surface area contributed by atoms with Crippen molar-refractivity contribution in [1.82, 2.24) is 0 Å². The molecule has 5 heteroatoms. The van der Waals surface area contributed by atoms with Gasteiger partial charge in [0.25, 0.3) is 0 Å². The molecule has 0 fully saturated rings. The molecule has 0 radical (unpaired) electrons. The quantitative estimate of drug-likeness (QED) is 0.672. The molecule has 23 heavy (non-hydrogen) atoms. The summed E-state index contributed by atoms with van der Waals surface area (Å²) in [4.78, 5) is -0.222. The topological polar surface area (TPSA) is 43.4 Å². The Hall–Kier alpha value is -2.66. The summed E-state index contributed by atoms with van der Waals surface area (Å²) in [5.74, 6) is -0.436. The highest BCUT2D eigenvalue weighted by atomic mass is 32.2. The Kier molecular flexibility index (Phi) is 4.12. The highest BCUT2D eigenvalue weighted by Gasteiger charge is 2.19. The molecule has 3 aromatic rings. The number of hydrogen-bond donors (Lipinski definition) is 0. The predicted molar refractivity (Wildman–Crippen MR) is 86.1 cm³/mol. The lowest BCUT2D eigenvalue weighted by Crippen LogP contribution is -2.10. The first-order valence-electron chi connectivity index (χ1n) is 6.91. The van der Waals surface area contributed by atoms with Crippen LogP contribution >= 0.6 is 0 Å². The van der Waals surface area contributed by atoms with Gasteiger partial charge in [-0.15, -0.1) is 0 Å². The molecule has 0 bridgehead atoms. The van der Waals surface area contributed by atoms with Crippen molar-refractivity contribution in [1.29, 1.82) is 0 Å². The summed E-state index contributed by atoms with van der Waals surface area (Å²) in [6, 6.07) is 20.8. The summed E-state index contributed by atoms with van der Waals surface area (Å²) >= 11 is 0. The van der Waals surface area contributed by atoms with Crippen LogP contribution in [0.15, 0.2) is 83.8 Å². The molecular weight excluding hydrogens is 315 g/mol. The van der Waals surface area contributed by atoms with Crippen LogP contribution in [0.4, 0.5) is 4.39 Å². The lowest BCUT2D eigenvalue weighted by Gasteiger charge is -2.11. The molecule has 0 aromatic heterocycles. The van der Waals surface area contributed by atoms with Crippen LogP contribution in [0.5, 0.6) is 5.75 Å². The second kappa shape index (κ2) is 6.22. The van der Waals surface area contributed by atoms with E-state index in [1.807, 2.05) is 30.3 Å². The van der Waals surface area contributed by atoms with Gasteiger partial charge in [0.15, 0.2) is 5.75 Å². The number of rotatable bonds is 4. The molecule has 0 unspecified atom stereocenters. The van der Waals surface area contributed by atoms with Crippen LogP contribution < -0.4 is 4.18 Å². The highest BCUT2D eigenvalue weighted by molar-refractivity contribution is 7.87. The normalized spacial score (nSPS) is 11.2. The largest absolute Gasteiger partial charge is 0.378 e. The lowest BCUT2D eigenvalue weighted by atomic mass is 10.1. The SMILES string of the molecule is O=S(=O)(Oc1ccccc1-c1ccccc1)c1cccc(F)c1. The van der Waals surface area contributed by atoms with Crippen LogP contribution in [0, 0.1) is 5.82 Å². The zero-order valence-corrected chi connectivity index (χ0v) is 12.8. The van der Waals surface area contributed by atoms with Gasteiger partial charge >= 0.3 is 10.1 Å². The minimum absolute atomic E-state index is 0.197. The van der Waals surface area contributed by atoms with Gasteiger partial charge in [0.1, 0.15) is 10.7 Å². The Balaban J connectivity index is 2.01. The Morgan fingerprint density at radius 3 is 2.22 bits per heavy atom. The number of benzene rings is 3. The fourth-order valence-corrected chi connectivity index (χ4v) is 3.16. The van der Waals surface area contributed by atoms with Gasteiger partial charge < -0.3 is 4.18 Å². The maximum atomic E-state index is 13.3. The molecule has 116 valence electrons. The standard InChI is InChI=1S/C18H13FO3S/c19-15-9-6-10-16(13-15)23(20,21)22-18-12-5-4-11-17(18)14-7-2-1-3-8-14/h1-13H. The summed E-state index contributed by atoms with van der Waals surface area (Å²) in [5, 5.41) is 0. The van der Waals surface area contributed by atoms with Crippen molar-refractivity contribution in [2.75, 3.05) is 0 Å². The average molecular weight is 328 g/mol. The van der Waals surface area contributed by atoms with Crippen LogP contribution in [0.3, 0.4) is 0 Å². The van der Waals surface area contributed by atoms with E-state index >= 15 is 0 Å². The summed E-state index contributed by atoms with van der Waals surface area (Å²) < 4.78 is 43.2. The van der Waals surface area contributed by atoms with E-state index in [9.17, 15) is 12.8 Å². The molecule has 3 rings (SSSR count). The Morgan fingerprint density at radius 2 is 1.48 bits per heavy atom. The van der Waals surface area contributed by atoms with E-state index in [2.05, 4.69) is 0 Å². The van der Waals surface area contributed by atoms with Crippen LogP contribution in [0.25, 0.3) is 11.1 Å². The summed E-state index contributed by atoms with van der Waals surface area (Å²) in [6.45, 7) is 0. The second-order valence-electron chi connectivity index (χ2n) is 4.86. The molecule has 0 aliphatic rings. The van der Waals surface area contributed by atoms with E-state index in [4.69, 9.17) is 4.18 Å². The van der Waals surface area contributed by atoms with Crippen LogP contribution in [-0.4, -0.2) is 8.42 Å². The lowest BCUT2D eigenvalue weighted by molar-refractivity contribution is 0.485. The number of para-hydroxylation sites is 1. The van der Waals surface area contributed by atoms with Gasteiger partial charge in [0.05, 0.1) is 0 Å². The molecule has 0 amide bonds. The van der Waals surface area contributed by atoms with Crippen molar-refractivity contribution in [2.45, 2.75) is 4.90 Å². The van der Waals surface area contributed by atoms with E-state index < -0.39 is 15.9 Å². The van der Waals surface area contributed by atoms with Crippen molar-refractivity contribution in [3.63, 3.8) is 0 Å². The molecular formula is C18H13FO3S. The Morgan fingerprint density at radius 1 is 0.783 bits per heavy atom. The van der Waals surface area contributed by atoms with Crippen molar-refractivity contribution in [2.24, 2.45) is 0 Å². The van der Waals surface area contributed by atoms with E-state index in [1.54, 1.807) is 24.3 Å². The first-order chi connectivity index (χ1) is 11.1. The average Bonchev–Trinajstić information content (AvgIpc) is 2.56. The van der Waals surface area contributed by atoms with Gasteiger partial charge in [-0.25, -0.2) is 4.39 Å². The van der Waals surface area contributed by atoms with E-state index in [0.717, 1.165) is 11.6 Å². The molecule has 3 aromatic carbocycles. The summed E-state index contributed by atoms with van der Waals surface area (Å²) in [5.41, 5.74) is 1.48. The highest BCUT2D eigenvalue weighted by Crippen LogP contribution is 2.31. The van der Waals surface area contributed by atoms with Crippen molar-refractivity contribution in [3.05, 3.63) is 84.7 Å². The molecule has 0 atom stereocenters. The first-order valence-corrected chi connectivity index (χ1v) is 8.31. The summed E-state index contributed by atoms with van der Waals surface area (Å²) in [6.07, 6.45) is 0. The van der Waals surface area contributed by atoms with E-state index in [-0.39, 0.29) is 10.6 Å². The van der Waals surface area contributed by atoms with Gasteiger partial charge in [-0.3, -0.25) is 0 Å². The van der Waals surface area contributed by atoms with Crippen LogP contribution in [0.2, 0.25) is 0 Å². The molecule has 0 saturated carbocycles. The van der Waals surface area contributed by atoms with Crippen molar-refractivity contribution < 1.29 is 17.0 Å². The minimum atomic E-state index is -4.11. The van der Waals surface area contributed by atoms with Crippen LogP contribution in [0.1, 0.15) is 0 Å². The Bertz CT molecular complexity index is 922. The van der Waals surface area contributed by atoms with Crippen molar-refractivity contribution >= 4 is 10.1 Å². The molecule has 0 aliphatic heterocycles. The molecule has 0 saturated heterocycles. The third kappa shape index (κ3) is 3.40. The van der Waals surface area contributed by atoms with E-state index in [1.165, 1.54) is 18.2 Å². The molecule has 0 aliphatic carbocycles. The summed E-state index contributed by atoms with van der Waals surface area (Å²) in [7, 11) is -4.11. The van der Waals surface area contributed by atoms with Gasteiger partial charge in [-0.2, -0.15) is 8.42 Å². The van der Waals surface area contributed by atoms with Crippen molar-refractivity contribution in [3.8, 4) is 16.9 Å². The maximum absolute atomic E-state index is 13.3. The third-order valence-corrected chi connectivity index (χ3v) is 4.49. The predicted octanol–water partition coefficient (Wildman–Crippen LogP) is 4.26. The van der Waals surface area contributed by atoms with E-state index in [0.29, 0.717) is 5.56 Å². The fourth-order valence-electron chi connectivity index (χ4n) is 2.18. The monoisotopic (exact) mass is 328 g/mol. The smallest absolute Gasteiger partial charge is 0.339 e. The number of hydrogen-bond acceptors (Lipinski definition) is 3. The van der Waals surface area contributed by atoms with Gasteiger partial charge in [-0.1, -0.05) is 54.6 Å². The van der Waals surface area contributed by atoms with Crippen LogP contribution in [-0.2, 0) is 10.1 Å². The Labute approximate surface area is 134 Å². The third-order valence-electron chi connectivity index (χ3n) is 3.26. The maximum Gasteiger partial charge on any atom is 0.339 e. The zero-order valence-electron chi connectivity index (χ0n) is 12.0. The molecule has 3 nitrogen and oxygen atoms in total. The molecule has 0 spiro atoms. The first kappa shape index (κ1) is 15.2.